The first-order chi connectivity index (χ1) is 12.0. The molecule has 2 aromatic carbocycles. The van der Waals surface area contributed by atoms with Crippen LogP contribution < -0.4 is 5.32 Å². The van der Waals surface area contributed by atoms with E-state index in [0.717, 1.165) is 5.69 Å². The Hall–Kier alpha value is -2.73. The van der Waals surface area contributed by atoms with E-state index in [4.69, 9.17) is 0 Å². The van der Waals surface area contributed by atoms with E-state index in [1.165, 1.54) is 4.68 Å². The molecule has 1 aromatic heterocycles. The molecule has 0 aliphatic rings. The number of nitrogens with one attached hydrogen (secondary N) is 1. The van der Waals surface area contributed by atoms with E-state index in [0.29, 0.717) is 27.0 Å². The number of rotatable bonds is 4. The van der Waals surface area contributed by atoms with Crippen molar-refractivity contribution in [3.63, 3.8) is 0 Å². The fraction of sp³-hybridized carbons (Fsp3) is 0.105. The van der Waals surface area contributed by atoms with Crippen LogP contribution in [0.25, 0.3) is 0 Å². The summed E-state index contributed by atoms with van der Waals surface area (Å²) in [5, 5.41) is 7.03. The minimum Gasteiger partial charge on any atom is -0.321 e. The summed E-state index contributed by atoms with van der Waals surface area (Å²) >= 11 is 3.38. The maximum Gasteiger partial charge on any atom is 0.275 e. The van der Waals surface area contributed by atoms with Crippen molar-refractivity contribution in [1.82, 2.24) is 9.78 Å². The summed E-state index contributed by atoms with van der Waals surface area (Å²) in [4.78, 5) is 25.1. The summed E-state index contributed by atoms with van der Waals surface area (Å²) in [7, 11) is 1.71. The van der Waals surface area contributed by atoms with Crippen molar-refractivity contribution in [3.05, 3.63) is 81.6 Å². The van der Waals surface area contributed by atoms with Gasteiger partial charge in [-0.2, -0.15) is 5.10 Å². The van der Waals surface area contributed by atoms with Gasteiger partial charge in [-0.1, -0.05) is 42.5 Å². The average molecular weight is 398 g/mol. The van der Waals surface area contributed by atoms with E-state index in [9.17, 15) is 9.59 Å². The Bertz CT molecular complexity index is 949. The molecule has 3 aromatic rings. The van der Waals surface area contributed by atoms with Crippen molar-refractivity contribution in [2.24, 2.45) is 7.05 Å². The van der Waals surface area contributed by atoms with Gasteiger partial charge in [-0.15, -0.1) is 0 Å². The second-order valence-electron chi connectivity index (χ2n) is 5.60. The molecular weight excluding hydrogens is 382 g/mol. The SMILES string of the molecule is Cc1nn(C)c(C(=O)Nc2cccc(C(=O)c3ccccc3)c2)c1Br. The molecule has 0 saturated heterocycles. The van der Waals surface area contributed by atoms with Crippen molar-refractivity contribution in [3.8, 4) is 0 Å². The number of halogens is 1. The van der Waals surface area contributed by atoms with Gasteiger partial charge in [0.15, 0.2) is 5.78 Å². The number of hydrogen-bond donors (Lipinski definition) is 1. The maximum absolute atomic E-state index is 12.5. The molecule has 5 nitrogen and oxygen atoms in total. The van der Waals surface area contributed by atoms with Crippen LogP contribution in [-0.2, 0) is 7.05 Å². The van der Waals surface area contributed by atoms with Crippen molar-refractivity contribution < 1.29 is 9.59 Å². The van der Waals surface area contributed by atoms with Gasteiger partial charge in [0.25, 0.3) is 5.91 Å². The zero-order valence-corrected chi connectivity index (χ0v) is 15.4. The van der Waals surface area contributed by atoms with E-state index < -0.39 is 0 Å². The third-order valence-corrected chi connectivity index (χ3v) is 4.73. The van der Waals surface area contributed by atoms with Crippen molar-refractivity contribution in [2.45, 2.75) is 6.92 Å². The summed E-state index contributed by atoms with van der Waals surface area (Å²) in [6.07, 6.45) is 0. The Kier molecular flexibility index (Phi) is 4.81. The summed E-state index contributed by atoms with van der Waals surface area (Å²) in [5.41, 5.74) is 2.84. The van der Waals surface area contributed by atoms with Gasteiger partial charge >= 0.3 is 0 Å². The number of amides is 1. The Balaban J connectivity index is 1.85. The predicted octanol–water partition coefficient (Wildman–Crippen LogP) is 3.97. The molecule has 0 bridgehead atoms. The molecule has 1 N–H and O–H groups in total. The lowest BCUT2D eigenvalue weighted by atomic mass is 10.0. The van der Waals surface area contributed by atoms with Crippen molar-refractivity contribution in [2.75, 3.05) is 5.32 Å². The number of anilines is 1. The van der Waals surface area contributed by atoms with Crippen molar-refractivity contribution in [1.29, 1.82) is 0 Å². The van der Waals surface area contributed by atoms with Crippen LogP contribution in [0.3, 0.4) is 0 Å². The number of hydrogen-bond acceptors (Lipinski definition) is 3. The number of carbonyl (C=O) groups is 2. The van der Waals surface area contributed by atoms with E-state index in [-0.39, 0.29) is 11.7 Å². The molecule has 0 fully saturated rings. The fourth-order valence-corrected chi connectivity index (χ4v) is 3.08. The zero-order chi connectivity index (χ0) is 18.0. The van der Waals surface area contributed by atoms with Crippen LogP contribution >= 0.6 is 15.9 Å². The molecule has 0 saturated carbocycles. The molecule has 25 heavy (non-hydrogen) atoms. The monoisotopic (exact) mass is 397 g/mol. The quantitative estimate of drug-likeness (QED) is 0.677. The van der Waals surface area contributed by atoms with Gasteiger partial charge in [-0.3, -0.25) is 14.3 Å². The maximum atomic E-state index is 12.5. The minimum absolute atomic E-state index is 0.0887. The first-order valence-corrected chi connectivity index (χ1v) is 8.47. The second-order valence-corrected chi connectivity index (χ2v) is 6.39. The molecule has 6 heteroatoms. The Morgan fingerprint density at radius 1 is 1.04 bits per heavy atom. The Morgan fingerprint density at radius 2 is 1.72 bits per heavy atom. The summed E-state index contributed by atoms with van der Waals surface area (Å²) in [5.74, 6) is -0.381. The van der Waals surface area contributed by atoms with Crippen LogP contribution in [0.4, 0.5) is 5.69 Å². The van der Waals surface area contributed by atoms with Crippen LogP contribution in [0.15, 0.2) is 59.1 Å². The Labute approximate surface area is 153 Å². The van der Waals surface area contributed by atoms with Gasteiger partial charge in [-0.25, -0.2) is 0 Å². The normalized spacial score (nSPS) is 10.5. The van der Waals surface area contributed by atoms with Crippen LogP contribution in [-0.4, -0.2) is 21.5 Å². The highest BCUT2D eigenvalue weighted by molar-refractivity contribution is 9.10. The van der Waals surface area contributed by atoms with E-state index >= 15 is 0 Å². The molecule has 0 aliphatic carbocycles. The van der Waals surface area contributed by atoms with Gasteiger partial charge in [0, 0.05) is 23.9 Å². The number of benzene rings is 2. The highest BCUT2D eigenvalue weighted by Crippen LogP contribution is 2.22. The predicted molar refractivity (Wildman–Crippen MR) is 99.9 cm³/mol. The molecule has 1 amide bonds. The van der Waals surface area contributed by atoms with Gasteiger partial charge in [0.2, 0.25) is 0 Å². The molecule has 0 aliphatic heterocycles. The number of aryl methyl sites for hydroxylation is 2. The summed E-state index contributed by atoms with van der Waals surface area (Å²) < 4.78 is 2.18. The standard InChI is InChI=1S/C19H16BrN3O2/c1-12-16(20)17(23(2)22-12)19(25)21-15-10-6-9-14(11-15)18(24)13-7-4-3-5-8-13/h3-11H,1-2H3,(H,21,25). The lowest BCUT2D eigenvalue weighted by molar-refractivity contribution is 0.101. The zero-order valence-electron chi connectivity index (χ0n) is 13.8. The van der Waals surface area contributed by atoms with Crippen LogP contribution in [0.2, 0.25) is 0 Å². The fourth-order valence-electron chi connectivity index (χ4n) is 2.56. The average Bonchev–Trinajstić information content (AvgIpc) is 2.87. The summed E-state index contributed by atoms with van der Waals surface area (Å²) in [6, 6.07) is 15.9. The second kappa shape index (κ2) is 7.03. The van der Waals surface area contributed by atoms with E-state index in [1.807, 2.05) is 25.1 Å². The van der Waals surface area contributed by atoms with Gasteiger partial charge in [0.05, 0.1) is 10.2 Å². The van der Waals surface area contributed by atoms with Gasteiger partial charge < -0.3 is 5.32 Å². The lowest BCUT2D eigenvalue weighted by Gasteiger charge is -2.08. The molecule has 0 atom stereocenters. The van der Waals surface area contributed by atoms with Gasteiger partial charge in [0.1, 0.15) is 5.69 Å². The highest BCUT2D eigenvalue weighted by Gasteiger charge is 2.19. The van der Waals surface area contributed by atoms with Crippen molar-refractivity contribution >= 4 is 33.3 Å². The molecule has 0 radical (unpaired) electrons. The summed E-state index contributed by atoms with van der Waals surface area (Å²) in [6.45, 7) is 1.82. The highest BCUT2D eigenvalue weighted by atomic mass is 79.9. The smallest absolute Gasteiger partial charge is 0.275 e. The van der Waals surface area contributed by atoms with Crippen LogP contribution in [0, 0.1) is 6.92 Å². The minimum atomic E-state index is -0.292. The molecule has 1 heterocycles. The van der Waals surface area contributed by atoms with Crippen LogP contribution in [0.1, 0.15) is 32.1 Å². The molecule has 0 spiro atoms. The third kappa shape index (κ3) is 3.53. The van der Waals surface area contributed by atoms with Gasteiger partial charge in [-0.05, 0) is 35.0 Å². The molecular formula is C19H16BrN3O2. The number of carbonyl (C=O) groups excluding carboxylic acids is 2. The Morgan fingerprint density at radius 3 is 2.36 bits per heavy atom. The number of ketones is 1. The topological polar surface area (TPSA) is 64.0 Å². The van der Waals surface area contributed by atoms with E-state index in [1.54, 1.807) is 43.4 Å². The van der Waals surface area contributed by atoms with E-state index in [2.05, 4.69) is 26.3 Å². The number of nitrogens with zero attached hydrogens (tertiary/aromatic N) is 2. The molecule has 0 unspecified atom stereocenters. The van der Waals surface area contributed by atoms with Crippen LogP contribution in [0.5, 0.6) is 0 Å². The largest absolute Gasteiger partial charge is 0.321 e. The number of aromatic nitrogens is 2. The lowest BCUT2D eigenvalue weighted by Crippen LogP contribution is -2.17. The first-order valence-electron chi connectivity index (χ1n) is 7.67. The third-order valence-electron chi connectivity index (χ3n) is 3.78. The first kappa shape index (κ1) is 17.1. The molecule has 126 valence electrons. The molecule has 3 rings (SSSR count).